The molecule has 2 N–H and O–H groups in total. The van der Waals surface area contributed by atoms with Crippen molar-refractivity contribution in [3.05, 3.63) is 68.4 Å². The normalized spacial score (nSPS) is 11.8. The molecule has 110 valence electrons. The van der Waals surface area contributed by atoms with Gasteiger partial charge in [0.1, 0.15) is 17.3 Å². The van der Waals surface area contributed by atoms with Crippen molar-refractivity contribution in [3.63, 3.8) is 0 Å². The van der Waals surface area contributed by atoms with Gasteiger partial charge in [0.15, 0.2) is 5.65 Å². The third-order valence-electron chi connectivity index (χ3n) is 2.95. The fourth-order valence-electron chi connectivity index (χ4n) is 1.90. The van der Waals surface area contributed by atoms with E-state index in [0.29, 0.717) is 16.7 Å². The van der Waals surface area contributed by atoms with Gasteiger partial charge in [-0.2, -0.15) is 0 Å². The molecule has 2 aromatic heterocycles. The maximum atomic E-state index is 12.9. The van der Waals surface area contributed by atoms with E-state index in [4.69, 9.17) is 0 Å². The number of halogens is 2. The minimum atomic E-state index is -0.457. The van der Waals surface area contributed by atoms with Crippen LogP contribution in [0.5, 0.6) is 0 Å². The molecule has 0 saturated heterocycles. The van der Waals surface area contributed by atoms with Crippen molar-refractivity contribution in [2.75, 3.05) is 0 Å². The summed E-state index contributed by atoms with van der Waals surface area (Å²) >= 11 is 3.26. The smallest absolute Gasteiger partial charge is 0.274 e. The van der Waals surface area contributed by atoms with Crippen molar-refractivity contribution >= 4 is 38.9 Å². The highest BCUT2D eigenvalue weighted by atomic mass is 79.9. The van der Waals surface area contributed by atoms with E-state index in [1.54, 1.807) is 12.3 Å². The van der Waals surface area contributed by atoms with Gasteiger partial charge in [0.25, 0.3) is 5.56 Å². The lowest BCUT2D eigenvalue weighted by atomic mass is 10.1. The molecule has 0 spiro atoms. The molecule has 0 atom stereocenters. The van der Waals surface area contributed by atoms with E-state index in [0.717, 1.165) is 4.47 Å². The highest BCUT2D eigenvalue weighted by Gasteiger charge is 2.07. The molecule has 0 aliphatic heterocycles. The molecule has 0 saturated carbocycles. The number of fused-ring (bicyclic) bond motifs is 1. The number of benzene rings is 1. The topological polar surface area (TPSA) is 78.9 Å². The number of aliphatic hydroxyl groups excluding tert-OH is 1. The Kier molecular flexibility index (Phi) is 3.72. The molecule has 1 aromatic carbocycles. The predicted octanol–water partition coefficient (Wildman–Crippen LogP) is 3.28. The maximum Gasteiger partial charge on any atom is 0.274 e. The molecule has 0 fully saturated rings. The molecule has 0 bridgehead atoms. The van der Waals surface area contributed by atoms with Crippen LogP contribution in [0.25, 0.3) is 23.0 Å². The van der Waals surface area contributed by atoms with Gasteiger partial charge in [-0.3, -0.25) is 4.79 Å². The first-order valence-electron chi connectivity index (χ1n) is 6.25. The Labute approximate surface area is 132 Å². The van der Waals surface area contributed by atoms with Crippen molar-refractivity contribution in [1.82, 2.24) is 15.0 Å². The summed E-state index contributed by atoms with van der Waals surface area (Å²) in [4.78, 5) is 22.8. The third kappa shape index (κ3) is 2.89. The fraction of sp³-hybridized carbons (Fsp3) is 0. The molecule has 2 heterocycles. The van der Waals surface area contributed by atoms with Crippen LogP contribution < -0.4 is 5.56 Å². The average molecular weight is 362 g/mol. The van der Waals surface area contributed by atoms with Gasteiger partial charge >= 0.3 is 0 Å². The Bertz CT molecular complexity index is 936. The van der Waals surface area contributed by atoms with Gasteiger partial charge in [-0.05, 0) is 46.3 Å². The summed E-state index contributed by atoms with van der Waals surface area (Å²) in [7, 11) is 0. The van der Waals surface area contributed by atoms with Crippen molar-refractivity contribution < 1.29 is 9.50 Å². The largest absolute Gasteiger partial charge is 0.507 e. The SMILES string of the molecule is O=c1[nH]c2cc(Br)cnc2nc1C=C(O)c1ccc(F)cc1. The second kappa shape index (κ2) is 5.69. The molecule has 5 nitrogen and oxygen atoms in total. The number of aliphatic hydroxyl groups is 1. The Morgan fingerprint density at radius 3 is 2.77 bits per heavy atom. The number of hydrogen-bond acceptors (Lipinski definition) is 4. The van der Waals surface area contributed by atoms with E-state index in [9.17, 15) is 14.3 Å². The number of aromatic nitrogens is 3. The van der Waals surface area contributed by atoms with Crippen LogP contribution in [0.3, 0.4) is 0 Å². The number of H-pyrrole nitrogens is 1. The number of nitrogens with one attached hydrogen (secondary N) is 1. The van der Waals surface area contributed by atoms with Crippen LogP contribution in [0.2, 0.25) is 0 Å². The highest BCUT2D eigenvalue weighted by molar-refractivity contribution is 9.10. The molecule has 22 heavy (non-hydrogen) atoms. The van der Waals surface area contributed by atoms with E-state index in [1.165, 1.54) is 30.3 Å². The van der Waals surface area contributed by atoms with Crippen LogP contribution in [-0.2, 0) is 0 Å². The lowest BCUT2D eigenvalue weighted by Crippen LogP contribution is -2.12. The van der Waals surface area contributed by atoms with Gasteiger partial charge in [-0.1, -0.05) is 0 Å². The van der Waals surface area contributed by atoms with E-state index >= 15 is 0 Å². The summed E-state index contributed by atoms with van der Waals surface area (Å²) in [6.07, 6.45) is 2.77. The van der Waals surface area contributed by atoms with Crippen molar-refractivity contribution in [3.8, 4) is 0 Å². The molecule has 0 aliphatic rings. The van der Waals surface area contributed by atoms with E-state index in [-0.39, 0.29) is 11.5 Å². The van der Waals surface area contributed by atoms with Gasteiger partial charge in [-0.15, -0.1) is 0 Å². The average Bonchev–Trinajstić information content (AvgIpc) is 2.49. The zero-order valence-corrected chi connectivity index (χ0v) is 12.6. The zero-order valence-electron chi connectivity index (χ0n) is 11.0. The van der Waals surface area contributed by atoms with Gasteiger partial charge in [-0.25, -0.2) is 14.4 Å². The Morgan fingerprint density at radius 2 is 2.05 bits per heavy atom. The minimum absolute atomic E-state index is 0.0177. The predicted molar refractivity (Wildman–Crippen MR) is 84.8 cm³/mol. The van der Waals surface area contributed by atoms with Gasteiger partial charge in [0, 0.05) is 22.3 Å². The molecule has 0 radical (unpaired) electrons. The van der Waals surface area contributed by atoms with Crippen LogP contribution in [-0.4, -0.2) is 20.1 Å². The van der Waals surface area contributed by atoms with Crippen LogP contribution in [0.1, 0.15) is 11.3 Å². The van der Waals surface area contributed by atoms with Gasteiger partial charge in [0.2, 0.25) is 0 Å². The summed E-state index contributed by atoms with van der Waals surface area (Å²) in [5, 5.41) is 10.0. The molecule has 0 amide bonds. The fourth-order valence-corrected chi connectivity index (χ4v) is 2.23. The molecule has 3 aromatic rings. The first-order valence-corrected chi connectivity index (χ1v) is 7.04. The maximum absolute atomic E-state index is 12.9. The summed E-state index contributed by atoms with van der Waals surface area (Å²) < 4.78 is 13.6. The van der Waals surface area contributed by atoms with Crippen LogP contribution in [0.15, 0.2) is 45.8 Å². The first-order chi connectivity index (χ1) is 10.5. The standard InChI is InChI=1S/C15H9BrFN3O2/c16-9-5-11-14(18-7-9)19-12(15(22)20-11)6-13(21)8-1-3-10(17)4-2-8/h1-7,21H,(H,20,22). The Hall–Kier alpha value is -2.54. The number of hydrogen-bond donors (Lipinski definition) is 2. The summed E-state index contributed by atoms with van der Waals surface area (Å²) in [6.45, 7) is 0. The number of aromatic amines is 1. The molecular formula is C15H9BrFN3O2. The summed E-state index contributed by atoms with van der Waals surface area (Å²) in [6, 6.07) is 6.94. The molecule has 0 unspecified atom stereocenters. The van der Waals surface area contributed by atoms with E-state index in [2.05, 4.69) is 30.9 Å². The zero-order chi connectivity index (χ0) is 15.7. The van der Waals surface area contributed by atoms with Crippen molar-refractivity contribution in [2.24, 2.45) is 0 Å². The van der Waals surface area contributed by atoms with Crippen LogP contribution in [0, 0.1) is 5.82 Å². The number of rotatable bonds is 2. The number of nitrogens with zero attached hydrogens (tertiary/aromatic N) is 2. The minimum Gasteiger partial charge on any atom is -0.507 e. The number of pyridine rings is 1. The lowest BCUT2D eigenvalue weighted by Gasteiger charge is -2.02. The van der Waals surface area contributed by atoms with Crippen molar-refractivity contribution in [2.45, 2.75) is 0 Å². The first kappa shape index (κ1) is 14.4. The quantitative estimate of drug-likeness (QED) is 0.686. The molecule has 3 rings (SSSR count). The second-order valence-electron chi connectivity index (χ2n) is 4.51. The van der Waals surface area contributed by atoms with Crippen LogP contribution in [0.4, 0.5) is 4.39 Å². The Morgan fingerprint density at radius 1 is 1.32 bits per heavy atom. The van der Waals surface area contributed by atoms with Crippen LogP contribution >= 0.6 is 15.9 Å². The third-order valence-corrected chi connectivity index (χ3v) is 3.39. The summed E-state index contributed by atoms with van der Waals surface area (Å²) in [5.41, 5.74) is 0.774. The molecule has 0 aliphatic carbocycles. The highest BCUT2D eigenvalue weighted by Crippen LogP contribution is 2.16. The van der Waals surface area contributed by atoms with E-state index < -0.39 is 11.4 Å². The lowest BCUT2D eigenvalue weighted by molar-refractivity contribution is 0.515. The molecule has 7 heteroatoms. The van der Waals surface area contributed by atoms with Gasteiger partial charge < -0.3 is 10.1 Å². The van der Waals surface area contributed by atoms with Gasteiger partial charge in [0.05, 0.1) is 5.52 Å². The molecular weight excluding hydrogens is 353 g/mol. The van der Waals surface area contributed by atoms with E-state index in [1.807, 2.05) is 0 Å². The second-order valence-corrected chi connectivity index (χ2v) is 5.43. The monoisotopic (exact) mass is 361 g/mol. The summed E-state index contributed by atoms with van der Waals surface area (Å²) in [5.74, 6) is -0.595. The van der Waals surface area contributed by atoms with Crippen molar-refractivity contribution in [1.29, 1.82) is 0 Å². The Balaban J connectivity index is 2.07.